The van der Waals surface area contributed by atoms with Crippen molar-refractivity contribution in [3.05, 3.63) is 77.5 Å². The summed E-state index contributed by atoms with van der Waals surface area (Å²) >= 11 is 0. The number of halogens is 3. The quantitative estimate of drug-likeness (QED) is 0.532. The Morgan fingerprint density at radius 3 is 2.48 bits per heavy atom. The Morgan fingerprint density at radius 1 is 1.13 bits per heavy atom. The Bertz CT molecular complexity index is 959. The molecular weight excluding hydrogens is 405 g/mol. The average Bonchev–Trinajstić information content (AvgIpc) is 2.75. The lowest BCUT2D eigenvalue weighted by atomic mass is 10.0. The van der Waals surface area contributed by atoms with Gasteiger partial charge in [0.25, 0.3) is 5.91 Å². The predicted octanol–water partition coefficient (Wildman–Crippen LogP) is 4.31. The topological polar surface area (TPSA) is 68.2 Å². The zero-order valence-corrected chi connectivity index (χ0v) is 16.8. The smallest absolute Gasteiger partial charge is 0.387 e. The van der Waals surface area contributed by atoms with E-state index in [4.69, 9.17) is 0 Å². The molecule has 0 aromatic heterocycles. The number of rotatable bonds is 6. The lowest BCUT2D eigenvalue weighted by molar-refractivity contribution is -0.137. The first kappa shape index (κ1) is 22.4. The van der Waals surface area contributed by atoms with Crippen molar-refractivity contribution in [3.63, 3.8) is 0 Å². The fourth-order valence-corrected chi connectivity index (χ4v) is 3.42. The molecule has 5 nitrogen and oxygen atoms in total. The molecule has 2 N–H and O–H groups in total. The minimum atomic E-state index is -4.51. The Balaban J connectivity index is 1.52. The minimum Gasteiger partial charge on any atom is -0.387 e. The first-order chi connectivity index (χ1) is 14.8. The maximum Gasteiger partial charge on any atom is 0.416 e. The molecule has 2 aromatic rings. The van der Waals surface area contributed by atoms with E-state index in [2.05, 4.69) is 27.7 Å². The van der Waals surface area contributed by atoms with E-state index in [9.17, 15) is 23.2 Å². The van der Waals surface area contributed by atoms with E-state index in [1.807, 2.05) is 18.2 Å². The number of hydrogen-bond donors (Lipinski definition) is 2. The highest BCUT2D eigenvalue weighted by atomic mass is 19.4. The van der Waals surface area contributed by atoms with Crippen molar-refractivity contribution in [2.75, 3.05) is 18.4 Å². The van der Waals surface area contributed by atoms with Gasteiger partial charge in [0.05, 0.1) is 5.56 Å². The number of piperidine rings is 1. The van der Waals surface area contributed by atoms with Crippen LogP contribution in [0.5, 0.6) is 0 Å². The third-order valence-electron chi connectivity index (χ3n) is 5.11. The van der Waals surface area contributed by atoms with Crippen LogP contribution in [-0.2, 0) is 17.5 Å². The number of nitrogens with one attached hydrogen (secondary N) is 2. The van der Waals surface area contributed by atoms with Gasteiger partial charge in [-0.25, -0.2) is 0 Å². The molecule has 0 saturated carbocycles. The number of benzene rings is 2. The van der Waals surface area contributed by atoms with Crippen molar-refractivity contribution in [1.29, 1.82) is 5.26 Å². The molecule has 8 heteroatoms. The maximum absolute atomic E-state index is 12.8. The van der Waals surface area contributed by atoms with E-state index < -0.39 is 17.6 Å². The molecule has 0 atom stereocenters. The number of amides is 1. The minimum absolute atomic E-state index is 0.0183. The fourth-order valence-electron chi connectivity index (χ4n) is 3.42. The van der Waals surface area contributed by atoms with Crippen molar-refractivity contribution in [1.82, 2.24) is 10.2 Å². The van der Waals surface area contributed by atoms with E-state index in [1.54, 1.807) is 6.07 Å². The van der Waals surface area contributed by atoms with Crippen LogP contribution in [0.4, 0.5) is 18.9 Å². The Kier molecular flexibility index (Phi) is 7.32. The van der Waals surface area contributed by atoms with Crippen molar-refractivity contribution in [3.8, 4) is 6.07 Å². The number of alkyl halides is 3. The molecule has 0 aliphatic carbocycles. The van der Waals surface area contributed by atoms with E-state index in [1.165, 1.54) is 23.9 Å². The molecule has 1 heterocycles. The molecule has 1 aliphatic rings. The highest BCUT2D eigenvalue weighted by molar-refractivity contribution is 6.06. The van der Waals surface area contributed by atoms with Gasteiger partial charge in [0.15, 0.2) is 0 Å². The van der Waals surface area contributed by atoms with Crippen LogP contribution in [0.3, 0.4) is 0 Å². The van der Waals surface area contributed by atoms with E-state index in [0.717, 1.165) is 44.6 Å². The number of hydrogen-bond acceptors (Lipinski definition) is 4. The van der Waals surface area contributed by atoms with Gasteiger partial charge in [-0.3, -0.25) is 9.69 Å². The summed E-state index contributed by atoms with van der Waals surface area (Å²) in [5.41, 5.74) is 0.180. The molecule has 1 amide bonds. The van der Waals surface area contributed by atoms with Gasteiger partial charge in [0.2, 0.25) is 0 Å². The molecule has 0 bridgehead atoms. The largest absolute Gasteiger partial charge is 0.416 e. The van der Waals surface area contributed by atoms with Crippen LogP contribution in [0.25, 0.3) is 0 Å². The molecule has 1 saturated heterocycles. The number of carbonyl (C=O) groups is 1. The number of carbonyl (C=O) groups excluding carboxylic acids is 1. The van der Waals surface area contributed by atoms with Gasteiger partial charge in [-0.1, -0.05) is 36.4 Å². The lowest BCUT2D eigenvalue weighted by Crippen LogP contribution is -2.40. The third kappa shape index (κ3) is 6.59. The van der Waals surface area contributed by atoms with Gasteiger partial charge < -0.3 is 10.6 Å². The summed E-state index contributed by atoms with van der Waals surface area (Å²) in [5, 5.41) is 14.7. The summed E-state index contributed by atoms with van der Waals surface area (Å²) in [7, 11) is 0. The zero-order valence-electron chi connectivity index (χ0n) is 16.8. The van der Waals surface area contributed by atoms with Gasteiger partial charge in [0.1, 0.15) is 11.6 Å². The number of nitriles is 1. The standard InChI is InChI=1S/C23H23F3N4O/c24-23(25,26)19-7-4-8-21(13-19)29-22(31)18(14-27)15-28-20-9-11-30(12-10-20)16-17-5-2-1-3-6-17/h1-8,13,15,20,28H,9-12,16H2,(H,29,31)/b18-15-. The van der Waals surface area contributed by atoms with Gasteiger partial charge in [-0.05, 0) is 36.6 Å². The Labute approximate surface area is 179 Å². The van der Waals surface area contributed by atoms with Gasteiger partial charge in [0, 0.05) is 37.6 Å². The van der Waals surface area contributed by atoms with Crippen LogP contribution < -0.4 is 10.6 Å². The lowest BCUT2D eigenvalue weighted by Gasteiger charge is -2.32. The molecule has 31 heavy (non-hydrogen) atoms. The molecular formula is C23H23F3N4O. The molecule has 0 radical (unpaired) electrons. The highest BCUT2D eigenvalue weighted by Gasteiger charge is 2.30. The molecule has 2 aromatic carbocycles. The van der Waals surface area contributed by atoms with Crippen LogP contribution in [0.15, 0.2) is 66.4 Å². The Morgan fingerprint density at radius 2 is 1.84 bits per heavy atom. The second-order valence-electron chi connectivity index (χ2n) is 7.41. The molecule has 0 spiro atoms. The molecule has 162 valence electrons. The summed E-state index contributed by atoms with van der Waals surface area (Å²) in [5.74, 6) is -0.754. The maximum atomic E-state index is 12.8. The molecule has 3 rings (SSSR count). The van der Waals surface area contributed by atoms with Crippen LogP contribution >= 0.6 is 0 Å². The van der Waals surface area contributed by atoms with Crippen LogP contribution in [0, 0.1) is 11.3 Å². The summed E-state index contributed by atoms with van der Waals surface area (Å²) in [6.07, 6.45) is -1.44. The molecule has 1 aliphatic heterocycles. The monoisotopic (exact) mass is 428 g/mol. The Hall–Kier alpha value is -3.31. The van der Waals surface area contributed by atoms with Crippen molar-refractivity contribution < 1.29 is 18.0 Å². The highest BCUT2D eigenvalue weighted by Crippen LogP contribution is 2.30. The second-order valence-corrected chi connectivity index (χ2v) is 7.41. The van der Waals surface area contributed by atoms with Crippen molar-refractivity contribution >= 4 is 11.6 Å². The van der Waals surface area contributed by atoms with Crippen LogP contribution in [0.1, 0.15) is 24.0 Å². The molecule has 0 unspecified atom stereocenters. The molecule has 1 fully saturated rings. The van der Waals surface area contributed by atoms with Gasteiger partial charge in [-0.2, -0.15) is 18.4 Å². The van der Waals surface area contributed by atoms with E-state index in [-0.39, 0.29) is 17.3 Å². The van der Waals surface area contributed by atoms with E-state index in [0.29, 0.717) is 0 Å². The van der Waals surface area contributed by atoms with Gasteiger partial charge >= 0.3 is 6.18 Å². The summed E-state index contributed by atoms with van der Waals surface area (Å²) < 4.78 is 38.4. The summed E-state index contributed by atoms with van der Waals surface area (Å²) in [6, 6.07) is 16.4. The summed E-state index contributed by atoms with van der Waals surface area (Å²) in [6.45, 7) is 2.66. The SMILES string of the molecule is N#C/C(=C/NC1CCN(Cc2ccccc2)CC1)C(=O)Nc1cccc(C(F)(F)F)c1. The summed E-state index contributed by atoms with van der Waals surface area (Å²) in [4.78, 5) is 14.7. The normalized spacial score (nSPS) is 15.9. The van der Waals surface area contributed by atoms with Crippen LogP contribution in [0.2, 0.25) is 0 Å². The average molecular weight is 428 g/mol. The fraction of sp³-hybridized carbons (Fsp3) is 0.304. The second kappa shape index (κ2) is 10.1. The zero-order chi connectivity index (χ0) is 22.3. The van der Waals surface area contributed by atoms with Crippen LogP contribution in [-0.4, -0.2) is 29.9 Å². The first-order valence-corrected chi connectivity index (χ1v) is 9.96. The third-order valence-corrected chi connectivity index (χ3v) is 5.11. The van der Waals surface area contributed by atoms with Gasteiger partial charge in [-0.15, -0.1) is 0 Å². The number of likely N-dealkylation sites (tertiary alicyclic amines) is 1. The predicted molar refractivity (Wildman–Crippen MR) is 112 cm³/mol. The first-order valence-electron chi connectivity index (χ1n) is 9.96. The van der Waals surface area contributed by atoms with Crippen molar-refractivity contribution in [2.45, 2.75) is 31.6 Å². The number of nitrogens with zero attached hydrogens (tertiary/aromatic N) is 2. The number of anilines is 1. The van der Waals surface area contributed by atoms with Crippen molar-refractivity contribution in [2.24, 2.45) is 0 Å². The van der Waals surface area contributed by atoms with E-state index >= 15 is 0 Å².